The fraction of sp³-hybridized carbons (Fsp3) is 0.529. The number of piperidine rings is 1. The first kappa shape index (κ1) is 12.6. The summed E-state index contributed by atoms with van der Waals surface area (Å²) in [5, 5.41) is 3.20. The number of hydrogen-bond acceptors (Lipinski definition) is 4. The number of methoxy groups -OCH3 is 1. The van der Waals surface area contributed by atoms with E-state index in [2.05, 4.69) is 5.32 Å². The molecule has 1 aliphatic heterocycles. The Morgan fingerprint density at radius 1 is 1.45 bits per heavy atom. The zero-order valence-electron chi connectivity index (χ0n) is 16.0. The zero-order chi connectivity index (χ0) is 18.7. The minimum Gasteiger partial charge on any atom is -0.467 e. The molecule has 2 atom stereocenters. The van der Waals surface area contributed by atoms with Gasteiger partial charge in [0.2, 0.25) is 5.91 Å². The molecule has 1 amide bonds. The van der Waals surface area contributed by atoms with Gasteiger partial charge in [0.15, 0.2) is 0 Å². The lowest BCUT2D eigenvalue weighted by molar-refractivity contribution is -0.152. The highest BCUT2D eigenvalue weighted by Gasteiger charge is 2.52. The number of rotatable bonds is 4. The maximum Gasteiger partial charge on any atom is 0.332 e. The Morgan fingerprint density at radius 2 is 2.18 bits per heavy atom. The third-order valence-electron chi connectivity index (χ3n) is 4.30. The van der Waals surface area contributed by atoms with Crippen LogP contribution in [0.5, 0.6) is 0 Å². The minimum absolute atomic E-state index is 0.241. The number of ether oxygens (including phenoxy) is 1. The van der Waals surface area contributed by atoms with Crippen molar-refractivity contribution in [3.63, 3.8) is 0 Å². The van der Waals surface area contributed by atoms with E-state index < -0.39 is 30.7 Å². The van der Waals surface area contributed by atoms with Crippen molar-refractivity contribution in [3.05, 3.63) is 30.3 Å². The van der Waals surface area contributed by atoms with Crippen molar-refractivity contribution in [2.75, 3.05) is 25.1 Å². The second-order valence-corrected chi connectivity index (χ2v) is 5.51. The van der Waals surface area contributed by atoms with E-state index in [1.54, 1.807) is 30.3 Å². The molecule has 0 aliphatic carbocycles. The lowest BCUT2D eigenvalue weighted by Crippen LogP contribution is -2.66. The largest absolute Gasteiger partial charge is 0.467 e. The molecule has 1 heterocycles. The molecule has 120 valence electrons. The zero-order valence-corrected chi connectivity index (χ0v) is 13.0. The van der Waals surface area contributed by atoms with E-state index in [1.807, 2.05) is 6.92 Å². The van der Waals surface area contributed by atoms with E-state index in [0.29, 0.717) is 25.2 Å². The first-order chi connectivity index (χ1) is 11.7. The molecule has 5 nitrogen and oxygen atoms in total. The van der Waals surface area contributed by atoms with Gasteiger partial charge in [0.05, 0.1) is 7.11 Å². The number of anilines is 1. The Kier molecular flexibility index (Phi) is 3.98. The average molecular weight is 307 g/mol. The van der Waals surface area contributed by atoms with Gasteiger partial charge >= 0.3 is 5.97 Å². The molecule has 1 aromatic rings. The fourth-order valence-electron chi connectivity index (χ4n) is 3.17. The van der Waals surface area contributed by atoms with Crippen molar-refractivity contribution in [1.29, 1.82) is 0 Å². The van der Waals surface area contributed by atoms with Crippen molar-refractivity contribution in [2.24, 2.45) is 5.92 Å². The monoisotopic (exact) mass is 307 g/mol. The smallest absolute Gasteiger partial charge is 0.332 e. The summed E-state index contributed by atoms with van der Waals surface area (Å²) in [5.41, 5.74) is -0.736. The highest BCUT2D eigenvalue weighted by Crippen LogP contribution is 2.36. The van der Waals surface area contributed by atoms with Crippen LogP contribution in [-0.2, 0) is 14.3 Å². The van der Waals surface area contributed by atoms with Crippen LogP contribution in [0.4, 0.5) is 5.69 Å². The van der Waals surface area contributed by atoms with Crippen molar-refractivity contribution in [2.45, 2.75) is 32.2 Å². The van der Waals surface area contributed by atoms with Gasteiger partial charge in [-0.15, -0.1) is 0 Å². The van der Waals surface area contributed by atoms with Gasteiger partial charge in [-0.25, -0.2) is 4.79 Å². The van der Waals surface area contributed by atoms with E-state index in [1.165, 1.54) is 12.0 Å². The van der Waals surface area contributed by atoms with Crippen molar-refractivity contribution in [3.8, 4) is 0 Å². The summed E-state index contributed by atoms with van der Waals surface area (Å²) >= 11 is 0. The molecule has 2 rings (SSSR count). The van der Waals surface area contributed by atoms with Crippen LogP contribution in [0.25, 0.3) is 0 Å². The summed E-state index contributed by atoms with van der Waals surface area (Å²) in [5.74, 6) is -1.37. The Labute approximate surface area is 135 Å². The van der Waals surface area contributed by atoms with Gasteiger partial charge in [0.25, 0.3) is 0 Å². The number of para-hydroxylation sites is 1. The molecule has 5 heteroatoms. The summed E-state index contributed by atoms with van der Waals surface area (Å²) in [4.78, 5) is 27.1. The van der Waals surface area contributed by atoms with E-state index >= 15 is 0 Å². The molecule has 0 spiro atoms. The van der Waals surface area contributed by atoms with Gasteiger partial charge in [-0.2, -0.15) is 0 Å². The predicted molar refractivity (Wildman–Crippen MR) is 85.6 cm³/mol. The van der Waals surface area contributed by atoms with E-state index in [-0.39, 0.29) is 5.92 Å². The molecule has 1 fully saturated rings. The molecule has 1 N–H and O–H groups in total. The van der Waals surface area contributed by atoms with Gasteiger partial charge in [-0.05, 0) is 25.1 Å². The SMILES string of the molecule is [2H]C([2H])([2H])CC(=O)N(c1ccccc1)C1(C(=O)OC)CCNC[C@H]1C. The molecule has 1 aliphatic rings. The van der Waals surface area contributed by atoms with Gasteiger partial charge in [-0.1, -0.05) is 32.0 Å². The highest BCUT2D eigenvalue weighted by atomic mass is 16.5. The van der Waals surface area contributed by atoms with E-state index in [0.717, 1.165) is 0 Å². The Hall–Kier alpha value is -1.88. The number of hydrogen-bond donors (Lipinski definition) is 1. The number of amides is 1. The van der Waals surface area contributed by atoms with Crippen molar-refractivity contribution < 1.29 is 18.4 Å². The third-order valence-corrected chi connectivity index (χ3v) is 4.30. The molecule has 1 unspecified atom stereocenters. The summed E-state index contributed by atoms with van der Waals surface area (Å²) in [6.45, 7) is 0.502. The highest BCUT2D eigenvalue weighted by molar-refractivity contribution is 6.02. The Morgan fingerprint density at radius 3 is 2.77 bits per heavy atom. The maximum absolute atomic E-state index is 13.0. The van der Waals surface area contributed by atoms with Crippen LogP contribution >= 0.6 is 0 Å². The molecular weight excluding hydrogens is 280 g/mol. The standard InChI is InChI=1S/C17H24N2O3/c1-4-15(20)19(14-8-6-5-7-9-14)17(16(21)22-3)10-11-18-12-13(17)2/h5-9,13,18H,4,10-12H2,1-3H3/t13-,17?/m1/s1/i1D3. The summed E-state index contributed by atoms with van der Waals surface area (Å²) in [7, 11) is 1.29. The topological polar surface area (TPSA) is 58.6 Å². The Balaban J connectivity index is 2.58. The second kappa shape index (κ2) is 6.92. The van der Waals surface area contributed by atoms with Crippen molar-refractivity contribution >= 4 is 17.6 Å². The van der Waals surface area contributed by atoms with Crippen LogP contribution in [0.1, 0.15) is 30.7 Å². The van der Waals surface area contributed by atoms with Crippen LogP contribution in [-0.4, -0.2) is 37.6 Å². The summed E-state index contributed by atoms with van der Waals surface area (Å²) in [6.07, 6.45) is -0.288. The second-order valence-electron chi connectivity index (χ2n) is 5.51. The van der Waals surface area contributed by atoms with Gasteiger partial charge in [0, 0.05) is 28.7 Å². The van der Waals surface area contributed by atoms with Gasteiger partial charge < -0.3 is 10.1 Å². The molecule has 22 heavy (non-hydrogen) atoms. The average Bonchev–Trinajstić information content (AvgIpc) is 2.55. The van der Waals surface area contributed by atoms with Crippen LogP contribution in [0.2, 0.25) is 0 Å². The quantitative estimate of drug-likeness (QED) is 0.864. The van der Waals surface area contributed by atoms with Crippen LogP contribution < -0.4 is 10.2 Å². The molecule has 0 bridgehead atoms. The fourth-order valence-corrected chi connectivity index (χ4v) is 3.17. The van der Waals surface area contributed by atoms with E-state index in [4.69, 9.17) is 8.85 Å². The molecule has 0 aromatic heterocycles. The lowest BCUT2D eigenvalue weighted by Gasteiger charge is -2.48. The first-order valence-electron chi connectivity index (χ1n) is 8.89. The minimum atomic E-state index is -2.42. The normalized spacial score (nSPS) is 27.2. The third kappa shape index (κ3) is 2.73. The number of nitrogens with zero attached hydrogens (tertiary/aromatic N) is 1. The molecule has 0 radical (unpaired) electrons. The van der Waals surface area contributed by atoms with Gasteiger partial charge in [0.1, 0.15) is 5.54 Å². The van der Waals surface area contributed by atoms with Crippen LogP contribution in [0, 0.1) is 5.92 Å². The Bertz CT molecular complexity index is 621. The molecule has 1 saturated heterocycles. The number of nitrogens with one attached hydrogen (secondary N) is 1. The molecule has 0 saturated carbocycles. The van der Waals surface area contributed by atoms with Crippen molar-refractivity contribution in [1.82, 2.24) is 5.32 Å². The number of esters is 1. The van der Waals surface area contributed by atoms with Crippen LogP contribution in [0.15, 0.2) is 30.3 Å². The number of carbonyl (C=O) groups excluding carboxylic acids is 2. The molecular formula is C17H24N2O3. The number of carbonyl (C=O) groups is 2. The number of benzene rings is 1. The first-order valence-corrected chi connectivity index (χ1v) is 7.39. The van der Waals surface area contributed by atoms with E-state index in [9.17, 15) is 9.59 Å². The predicted octanol–water partition coefficient (Wildman–Crippen LogP) is 1.97. The maximum atomic E-state index is 13.0. The summed E-state index contributed by atoms with van der Waals surface area (Å²) < 4.78 is 27.4. The van der Waals surface area contributed by atoms with Gasteiger partial charge in [-0.3, -0.25) is 9.69 Å². The van der Waals surface area contributed by atoms with Crippen LogP contribution in [0.3, 0.4) is 0 Å². The molecule has 1 aromatic carbocycles. The summed E-state index contributed by atoms with van der Waals surface area (Å²) in [6, 6.07) is 8.71. The lowest BCUT2D eigenvalue weighted by atomic mass is 9.77.